The second kappa shape index (κ2) is 6.02. The predicted octanol–water partition coefficient (Wildman–Crippen LogP) is 0.808. The van der Waals surface area contributed by atoms with Gasteiger partial charge in [0.25, 0.3) is 0 Å². The number of rotatable bonds is 5. The number of aromatic amines is 1. The van der Waals surface area contributed by atoms with E-state index >= 15 is 0 Å². The van der Waals surface area contributed by atoms with Crippen LogP contribution in [0.2, 0.25) is 0 Å². The average molecular weight is 286 g/mol. The van der Waals surface area contributed by atoms with Crippen LogP contribution in [0.25, 0.3) is 0 Å². The number of nitrogens with zero attached hydrogens (tertiary/aromatic N) is 2. The minimum Gasteiger partial charge on any atom is -0.314 e. The first kappa shape index (κ1) is 14.5. The van der Waals surface area contributed by atoms with Crippen molar-refractivity contribution in [3.05, 3.63) is 12.4 Å². The molecule has 108 valence electrons. The van der Waals surface area contributed by atoms with Gasteiger partial charge in [-0.25, -0.2) is 8.42 Å². The first-order valence-corrected chi connectivity index (χ1v) is 8.22. The third-order valence-electron chi connectivity index (χ3n) is 3.76. The van der Waals surface area contributed by atoms with Crippen molar-refractivity contribution in [1.29, 1.82) is 0 Å². The molecule has 6 nitrogen and oxygen atoms in total. The van der Waals surface area contributed by atoms with Gasteiger partial charge in [0.15, 0.2) is 0 Å². The van der Waals surface area contributed by atoms with Crippen molar-refractivity contribution >= 4 is 10.0 Å². The van der Waals surface area contributed by atoms with Gasteiger partial charge < -0.3 is 5.32 Å². The lowest BCUT2D eigenvalue weighted by molar-refractivity contribution is 0.225. The monoisotopic (exact) mass is 286 g/mol. The Hall–Kier alpha value is -0.920. The highest BCUT2D eigenvalue weighted by Gasteiger charge is 2.32. The standard InChI is InChI=1S/C12H22N4O2S/c1-3-13-10(2)11-5-4-6-16(9-11)19(17,18)12-7-14-15-8-12/h7-8,10-11,13H,3-6,9H2,1-2H3,(H,14,15). The fourth-order valence-electron chi connectivity index (χ4n) is 2.62. The zero-order valence-electron chi connectivity index (χ0n) is 11.5. The Balaban J connectivity index is 2.09. The van der Waals surface area contributed by atoms with Crippen LogP contribution in [0.3, 0.4) is 0 Å². The van der Waals surface area contributed by atoms with Gasteiger partial charge in [-0.15, -0.1) is 0 Å². The maximum absolute atomic E-state index is 12.4. The van der Waals surface area contributed by atoms with Crippen LogP contribution in [-0.4, -0.2) is 48.6 Å². The molecule has 2 heterocycles. The second-order valence-corrected chi connectivity index (χ2v) is 6.98. The number of nitrogens with one attached hydrogen (secondary N) is 2. The molecule has 2 N–H and O–H groups in total. The zero-order valence-corrected chi connectivity index (χ0v) is 12.3. The van der Waals surface area contributed by atoms with Crippen LogP contribution in [0.4, 0.5) is 0 Å². The highest BCUT2D eigenvalue weighted by molar-refractivity contribution is 7.89. The Morgan fingerprint density at radius 3 is 3.05 bits per heavy atom. The minimum atomic E-state index is -3.39. The van der Waals surface area contributed by atoms with Gasteiger partial charge in [0.1, 0.15) is 4.90 Å². The molecule has 0 spiro atoms. The summed E-state index contributed by atoms with van der Waals surface area (Å²) in [6.07, 6.45) is 4.79. The van der Waals surface area contributed by atoms with Crippen molar-refractivity contribution in [1.82, 2.24) is 19.8 Å². The van der Waals surface area contributed by atoms with Crippen molar-refractivity contribution < 1.29 is 8.42 Å². The molecule has 2 atom stereocenters. The Bertz CT molecular complexity index is 486. The zero-order chi connectivity index (χ0) is 13.9. The normalized spacial score (nSPS) is 23.4. The number of sulfonamides is 1. The van der Waals surface area contributed by atoms with Crippen molar-refractivity contribution in [2.45, 2.75) is 37.6 Å². The average Bonchev–Trinajstić information content (AvgIpc) is 2.94. The smallest absolute Gasteiger partial charge is 0.246 e. The lowest BCUT2D eigenvalue weighted by Crippen LogP contribution is -2.46. The maximum atomic E-state index is 12.4. The van der Waals surface area contributed by atoms with Gasteiger partial charge in [-0.05, 0) is 32.2 Å². The molecule has 2 unspecified atom stereocenters. The predicted molar refractivity (Wildman–Crippen MR) is 73.2 cm³/mol. The van der Waals surface area contributed by atoms with Gasteiger partial charge in [0.2, 0.25) is 10.0 Å². The molecule has 7 heteroatoms. The molecule has 1 fully saturated rings. The molecule has 1 aliphatic heterocycles. The van der Waals surface area contributed by atoms with E-state index in [4.69, 9.17) is 0 Å². The van der Waals surface area contributed by atoms with Crippen LogP contribution in [0.1, 0.15) is 26.7 Å². The van der Waals surface area contributed by atoms with Gasteiger partial charge in [0.05, 0.1) is 6.20 Å². The molecule has 1 saturated heterocycles. The molecule has 2 rings (SSSR count). The van der Waals surface area contributed by atoms with Gasteiger partial charge >= 0.3 is 0 Å². The van der Waals surface area contributed by atoms with E-state index in [1.165, 1.54) is 12.4 Å². The lowest BCUT2D eigenvalue weighted by Gasteiger charge is -2.35. The Morgan fingerprint density at radius 1 is 1.63 bits per heavy atom. The Kier molecular flexibility index (Phi) is 4.59. The summed E-state index contributed by atoms with van der Waals surface area (Å²) < 4.78 is 26.4. The van der Waals surface area contributed by atoms with Crippen LogP contribution in [-0.2, 0) is 10.0 Å². The van der Waals surface area contributed by atoms with Gasteiger partial charge in [-0.2, -0.15) is 9.40 Å². The van der Waals surface area contributed by atoms with Crippen molar-refractivity contribution in [2.75, 3.05) is 19.6 Å². The van der Waals surface area contributed by atoms with E-state index in [1.54, 1.807) is 4.31 Å². The number of hydrogen-bond donors (Lipinski definition) is 2. The van der Waals surface area contributed by atoms with Crippen molar-refractivity contribution in [3.63, 3.8) is 0 Å². The fraction of sp³-hybridized carbons (Fsp3) is 0.750. The number of hydrogen-bond acceptors (Lipinski definition) is 4. The third-order valence-corrected chi connectivity index (χ3v) is 5.60. The summed E-state index contributed by atoms with van der Waals surface area (Å²) in [5, 5.41) is 9.67. The molecular weight excluding hydrogens is 264 g/mol. The van der Waals surface area contributed by atoms with Crippen molar-refractivity contribution in [2.24, 2.45) is 5.92 Å². The van der Waals surface area contributed by atoms with Gasteiger partial charge in [-0.1, -0.05) is 6.92 Å². The topological polar surface area (TPSA) is 78.1 Å². The lowest BCUT2D eigenvalue weighted by atomic mass is 9.93. The molecule has 0 radical (unpaired) electrons. The van der Waals surface area contributed by atoms with E-state index in [2.05, 4.69) is 29.4 Å². The van der Waals surface area contributed by atoms with E-state index in [0.29, 0.717) is 25.0 Å². The summed E-state index contributed by atoms with van der Waals surface area (Å²) in [5.74, 6) is 0.371. The van der Waals surface area contributed by atoms with Crippen LogP contribution in [0.5, 0.6) is 0 Å². The fourth-order valence-corrected chi connectivity index (χ4v) is 4.06. The van der Waals surface area contributed by atoms with E-state index in [0.717, 1.165) is 19.4 Å². The van der Waals surface area contributed by atoms with Crippen LogP contribution in [0, 0.1) is 5.92 Å². The summed E-state index contributed by atoms with van der Waals surface area (Å²) in [6, 6.07) is 0.340. The van der Waals surface area contributed by atoms with Crippen LogP contribution < -0.4 is 5.32 Å². The molecule has 0 aromatic carbocycles. The molecule has 1 aromatic rings. The maximum Gasteiger partial charge on any atom is 0.246 e. The largest absolute Gasteiger partial charge is 0.314 e. The number of H-pyrrole nitrogens is 1. The highest BCUT2D eigenvalue weighted by Crippen LogP contribution is 2.25. The SMILES string of the molecule is CCNC(C)C1CCCN(S(=O)(=O)c2cn[nH]c2)C1. The number of aromatic nitrogens is 2. The first-order chi connectivity index (χ1) is 9.05. The van der Waals surface area contributed by atoms with Gasteiger partial charge in [0, 0.05) is 25.3 Å². The molecule has 1 aliphatic rings. The second-order valence-electron chi connectivity index (χ2n) is 5.05. The van der Waals surface area contributed by atoms with Gasteiger partial charge in [-0.3, -0.25) is 5.10 Å². The van der Waals surface area contributed by atoms with Crippen LogP contribution in [0.15, 0.2) is 17.3 Å². The molecular formula is C12H22N4O2S. The highest BCUT2D eigenvalue weighted by atomic mass is 32.2. The summed E-state index contributed by atoms with van der Waals surface area (Å²) >= 11 is 0. The molecule has 0 aliphatic carbocycles. The summed E-state index contributed by atoms with van der Waals surface area (Å²) in [6.45, 7) is 6.29. The summed E-state index contributed by atoms with van der Waals surface area (Å²) in [7, 11) is -3.39. The Morgan fingerprint density at radius 2 is 2.42 bits per heavy atom. The summed E-state index contributed by atoms with van der Waals surface area (Å²) in [5.41, 5.74) is 0. The van der Waals surface area contributed by atoms with E-state index < -0.39 is 10.0 Å². The minimum absolute atomic E-state index is 0.254. The molecule has 0 bridgehead atoms. The quantitative estimate of drug-likeness (QED) is 0.839. The molecule has 1 aromatic heterocycles. The van der Waals surface area contributed by atoms with E-state index in [9.17, 15) is 8.42 Å². The first-order valence-electron chi connectivity index (χ1n) is 6.78. The van der Waals surface area contributed by atoms with Crippen LogP contribution >= 0.6 is 0 Å². The summed E-state index contributed by atoms with van der Waals surface area (Å²) in [4.78, 5) is 0.254. The third kappa shape index (κ3) is 3.16. The molecule has 0 saturated carbocycles. The van der Waals surface area contributed by atoms with E-state index in [-0.39, 0.29) is 4.90 Å². The molecule has 0 amide bonds. The number of piperidine rings is 1. The molecule has 19 heavy (non-hydrogen) atoms. The van der Waals surface area contributed by atoms with Crippen molar-refractivity contribution in [3.8, 4) is 0 Å². The Labute approximate surface area is 114 Å². The van der Waals surface area contributed by atoms with E-state index in [1.807, 2.05) is 0 Å².